The van der Waals surface area contributed by atoms with E-state index in [0.29, 0.717) is 0 Å². The average Bonchev–Trinajstić information content (AvgIpc) is 2.28. The van der Waals surface area contributed by atoms with Crippen LogP contribution in [0.25, 0.3) is 6.08 Å². The molecule has 0 aliphatic carbocycles. The zero-order valence-corrected chi connectivity index (χ0v) is 8.89. The number of halogens is 2. The molecule has 0 aliphatic heterocycles. The fourth-order valence-corrected chi connectivity index (χ4v) is 0.881. The van der Waals surface area contributed by atoms with E-state index in [0.717, 1.165) is 11.5 Å². The number of aromatic nitrogens is 2. The molecular weight excluding hydrogens is 211 g/mol. The van der Waals surface area contributed by atoms with Crippen LogP contribution in [0.3, 0.4) is 0 Å². The Kier molecular flexibility index (Phi) is 4.73. The summed E-state index contributed by atoms with van der Waals surface area (Å²) in [7, 11) is 1.89. The van der Waals surface area contributed by atoms with E-state index in [4.69, 9.17) is 11.6 Å². The maximum absolute atomic E-state index is 10.4. The smallest absolute Gasteiger partial charge is 0.245 e. The first-order valence-corrected chi connectivity index (χ1v) is 3.85. The molecule has 3 nitrogen and oxygen atoms in total. The quantitative estimate of drug-likeness (QED) is 0.564. The summed E-state index contributed by atoms with van der Waals surface area (Å²) >= 11 is 5.11. The molecule has 0 atom stereocenters. The molecule has 1 rings (SSSR count). The Morgan fingerprint density at radius 2 is 2.31 bits per heavy atom. The summed E-state index contributed by atoms with van der Waals surface area (Å²) in [5, 5.41) is -0.488. The molecule has 5 heteroatoms. The van der Waals surface area contributed by atoms with Gasteiger partial charge in [-0.1, -0.05) is 0 Å². The number of carbonyl (C=O) groups is 1. The molecule has 0 bridgehead atoms. The second kappa shape index (κ2) is 5.04. The monoisotopic (exact) mass is 220 g/mol. The fraction of sp³-hybridized carbons (Fsp3) is 0.250. The summed E-state index contributed by atoms with van der Waals surface area (Å²) in [6, 6.07) is 0. The molecule has 0 saturated heterocycles. The van der Waals surface area contributed by atoms with E-state index < -0.39 is 5.24 Å². The zero-order valence-electron chi connectivity index (χ0n) is 7.32. The van der Waals surface area contributed by atoms with Crippen molar-refractivity contribution < 1.29 is 4.79 Å². The molecule has 1 aromatic heterocycles. The fourth-order valence-electron chi connectivity index (χ4n) is 0.818. The Morgan fingerprint density at radius 3 is 2.69 bits per heavy atom. The van der Waals surface area contributed by atoms with Crippen molar-refractivity contribution in [1.82, 2.24) is 9.55 Å². The van der Waals surface area contributed by atoms with Gasteiger partial charge in [-0.3, -0.25) is 4.79 Å². The Bertz CT molecular complexity index is 311. The van der Waals surface area contributed by atoms with Crippen LogP contribution in [0.1, 0.15) is 11.5 Å². The molecule has 13 heavy (non-hydrogen) atoms. The minimum absolute atomic E-state index is 0. The van der Waals surface area contributed by atoms with Crippen LogP contribution in [0.15, 0.2) is 12.3 Å². The van der Waals surface area contributed by atoms with Crippen molar-refractivity contribution in [2.24, 2.45) is 7.05 Å². The van der Waals surface area contributed by atoms with E-state index in [1.165, 1.54) is 6.08 Å². The number of allylic oxidation sites excluding steroid dienone is 1. The molecular formula is C8H10Cl2N2O. The largest absolute Gasteiger partial charge is 0.338 e. The van der Waals surface area contributed by atoms with E-state index in [2.05, 4.69) is 4.98 Å². The number of nitrogens with zero attached hydrogens (tertiary/aromatic N) is 2. The molecule has 72 valence electrons. The molecule has 1 aromatic rings. The van der Waals surface area contributed by atoms with E-state index in [1.807, 2.05) is 24.7 Å². The van der Waals surface area contributed by atoms with Gasteiger partial charge in [0.15, 0.2) is 0 Å². The summed E-state index contributed by atoms with van der Waals surface area (Å²) in [6.45, 7) is 1.89. The highest BCUT2D eigenvalue weighted by Crippen LogP contribution is 2.02. The van der Waals surface area contributed by atoms with Gasteiger partial charge >= 0.3 is 0 Å². The van der Waals surface area contributed by atoms with Crippen LogP contribution in [0, 0.1) is 6.92 Å². The number of aryl methyl sites for hydroxylation is 2. The number of hydrogen-bond acceptors (Lipinski definition) is 2. The third-order valence-electron chi connectivity index (χ3n) is 1.51. The van der Waals surface area contributed by atoms with Gasteiger partial charge in [-0.05, 0) is 30.7 Å². The molecule has 0 amide bonds. The first kappa shape index (κ1) is 12.2. The summed E-state index contributed by atoms with van der Waals surface area (Å²) in [5.74, 6) is 0.900. The summed E-state index contributed by atoms with van der Waals surface area (Å²) in [4.78, 5) is 14.5. The number of carbonyl (C=O) groups excluding carboxylic acids is 1. The molecule has 0 radical (unpaired) electrons. The van der Waals surface area contributed by atoms with Gasteiger partial charge in [0.05, 0.1) is 5.69 Å². The lowest BCUT2D eigenvalue weighted by atomic mass is 10.4. The van der Waals surface area contributed by atoms with E-state index >= 15 is 0 Å². The van der Waals surface area contributed by atoms with Crippen LogP contribution in [0.2, 0.25) is 0 Å². The molecule has 0 saturated carbocycles. The topological polar surface area (TPSA) is 34.9 Å². The predicted octanol–water partition coefficient (Wildman–Crippen LogP) is 1.93. The van der Waals surface area contributed by atoms with Crippen molar-refractivity contribution in [1.29, 1.82) is 0 Å². The van der Waals surface area contributed by atoms with Crippen molar-refractivity contribution in [3.8, 4) is 0 Å². The lowest BCUT2D eigenvalue weighted by Gasteiger charge is -1.87. The second-order valence-corrected chi connectivity index (χ2v) is 2.83. The van der Waals surface area contributed by atoms with Gasteiger partial charge in [0.25, 0.3) is 0 Å². The molecule has 0 aromatic carbocycles. The average molecular weight is 221 g/mol. The van der Waals surface area contributed by atoms with Crippen LogP contribution in [-0.2, 0) is 11.8 Å². The van der Waals surface area contributed by atoms with Gasteiger partial charge in [0, 0.05) is 13.2 Å². The normalized spacial score (nSPS) is 10.1. The lowest BCUT2D eigenvalue weighted by molar-refractivity contribution is -0.107. The first-order chi connectivity index (χ1) is 5.59. The van der Waals surface area contributed by atoms with E-state index in [1.54, 1.807) is 6.08 Å². The van der Waals surface area contributed by atoms with Crippen molar-refractivity contribution in [3.63, 3.8) is 0 Å². The van der Waals surface area contributed by atoms with Gasteiger partial charge in [-0.15, -0.1) is 12.4 Å². The second-order valence-electron chi connectivity index (χ2n) is 2.46. The highest BCUT2D eigenvalue weighted by atomic mass is 35.5. The zero-order chi connectivity index (χ0) is 9.14. The van der Waals surface area contributed by atoms with E-state index in [9.17, 15) is 4.79 Å². The SMILES string of the molecule is Cc1nc(/C=C/C(=O)Cl)cn1C.Cl. The standard InChI is InChI=1S/C8H9ClN2O.ClH/c1-6-10-7(5-11(6)2)3-4-8(9)12;/h3-5H,1-2H3;1H/b4-3+;. The van der Waals surface area contributed by atoms with Gasteiger partial charge in [0.2, 0.25) is 5.24 Å². The van der Waals surface area contributed by atoms with Gasteiger partial charge in [-0.25, -0.2) is 4.98 Å². The first-order valence-electron chi connectivity index (χ1n) is 3.47. The minimum atomic E-state index is -0.488. The number of imidazole rings is 1. The number of hydrogen-bond donors (Lipinski definition) is 0. The minimum Gasteiger partial charge on any atom is -0.338 e. The molecule has 0 spiro atoms. The Labute approximate surface area is 87.8 Å². The maximum Gasteiger partial charge on any atom is 0.245 e. The summed E-state index contributed by atoms with van der Waals surface area (Å²) in [5.41, 5.74) is 0.740. The summed E-state index contributed by atoms with van der Waals surface area (Å²) < 4.78 is 1.87. The molecule has 0 N–H and O–H groups in total. The van der Waals surface area contributed by atoms with Crippen LogP contribution < -0.4 is 0 Å². The summed E-state index contributed by atoms with van der Waals surface area (Å²) in [6.07, 6.45) is 4.69. The highest BCUT2D eigenvalue weighted by Gasteiger charge is 1.96. The van der Waals surface area contributed by atoms with Crippen LogP contribution in [0.5, 0.6) is 0 Å². The highest BCUT2D eigenvalue weighted by molar-refractivity contribution is 6.66. The number of rotatable bonds is 2. The van der Waals surface area contributed by atoms with Crippen LogP contribution >= 0.6 is 24.0 Å². The van der Waals surface area contributed by atoms with Crippen molar-refractivity contribution in [2.75, 3.05) is 0 Å². The Hall–Kier alpha value is -0.800. The van der Waals surface area contributed by atoms with Crippen LogP contribution in [0.4, 0.5) is 0 Å². The third-order valence-corrected chi connectivity index (χ3v) is 1.64. The Balaban J connectivity index is 0.00000144. The third kappa shape index (κ3) is 3.61. The molecule has 0 aliphatic rings. The van der Waals surface area contributed by atoms with Gasteiger partial charge < -0.3 is 4.57 Å². The predicted molar refractivity (Wildman–Crippen MR) is 55.1 cm³/mol. The van der Waals surface area contributed by atoms with Gasteiger partial charge in [0.1, 0.15) is 5.82 Å². The lowest BCUT2D eigenvalue weighted by Crippen LogP contribution is -1.86. The molecule has 0 fully saturated rings. The van der Waals surface area contributed by atoms with Crippen molar-refractivity contribution in [2.45, 2.75) is 6.92 Å². The maximum atomic E-state index is 10.4. The molecule has 0 unspecified atom stereocenters. The Morgan fingerprint density at radius 1 is 1.69 bits per heavy atom. The van der Waals surface area contributed by atoms with E-state index in [-0.39, 0.29) is 12.4 Å². The van der Waals surface area contributed by atoms with Crippen molar-refractivity contribution >= 4 is 35.3 Å². The van der Waals surface area contributed by atoms with Crippen molar-refractivity contribution in [3.05, 3.63) is 23.8 Å². The molecule has 1 heterocycles. The van der Waals surface area contributed by atoms with Crippen LogP contribution in [-0.4, -0.2) is 14.8 Å². The van der Waals surface area contributed by atoms with Gasteiger partial charge in [-0.2, -0.15) is 0 Å².